The van der Waals surface area contributed by atoms with Crippen molar-refractivity contribution in [3.63, 3.8) is 0 Å². The van der Waals surface area contributed by atoms with Crippen molar-refractivity contribution in [1.29, 1.82) is 0 Å². The van der Waals surface area contributed by atoms with Crippen molar-refractivity contribution in [3.8, 4) is 5.75 Å². The van der Waals surface area contributed by atoms with Gasteiger partial charge in [0.05, 0.1) is 27.7 Å². The Balaban J connectivity index is 1.74. The predicted molar refractivity (Wildman–Crippen MR) is 175 cm³/mol. The third-order valence-corrected chi connectivity index (χ3v) is 10.4. The van der Waals surface area contributed by atoms with Gasteiger partial charge < -0.3 is 15.0 Å². The number of ether oxygens (including phenoxy) is 1. The van der Waals surface area contributed by atoms with Crippen LogP contribution in [0.5, 0.6) is 5.75 Å². The summed E-state index contributed by atoms with van der Waals surface area (Å²) in [5, 5.41) is 3.82. The van der Waals surface area contributed by atoms with E-state index >= 15 is 0 Å². The van der Waals surface area contributed by atoms with Gasteiger partial charge in [0.25, 0.3) is 10.0 Å². The minimum absolute atomic E-state index is 0.0245. The van der Waals surface area contributed by atoms with Crippen LogP contribution in [0.1, 0.15) is 56.6 Å². The van der Waals surface area contributed by atoms with E-state index in [0.717, 1.165) is 42.0 Å². The van der Waals surface area contributed by atoms with Crippen LogP contribution < -0.4 is 14.4 Å². The van der Waals surface area contributed by atoms with Gasteiger partial charge in [0.15, 0.2) is 0 Å². The van der Waals surface area contributed by atoms with Crippen molar-refractivity contribution in [2.24, 2.45) is 0 Å². The molecule has 0 spiro atoms. The molecule has 1 saturated carbocycles. The maximum absolute atomic E-state index is 14.4. The molecule has 1 aliphatic carbocycles. The van der Waals surface area contributed by atoms with Gasteiger partial charge >= 0.3 is 0 Å². The quantitative estimate of drug-likeness (QED) is 0.232. The molecule has 0 aliphatic heterocycles. The highest BCUT2D eigenvalue weighted by Gasteiger charge is 2.35. The van der Waals surface area contributed by atoms with Crippen LogP contribution in [-0.2, 0) is 26.2 Å². The topological polar surface area (TPSA) is 96.0 Å². The first kappa shape index (κ1) is 33.6. The molecule has 4 rings (SSSR count). The van der Waals surface area contributed by atoms with Gasteiger partial charge in [-0.3, -0.25) is 13.9 Å². The summed E-state index contributed by atoms with van der Waals surface area (Å²) in [6.07, 6.45) is 5.32. The summed E-state index contributed by atoms with van der Waals surface area (Å²) in [4.78, 5) is 29.5. The van der Waals surface area contributed by atoms with Gasteiger partial charge in [-0.25, -0.2) is 8.42 Å². The second-order valence-electron chi connectivity index (χ2n) is 11.0. The van der Waals surface area contributed by atoms with Crippen LogP contribution in [0.25, 0.3) is 0 Å². The second kappa shape index (κ2) is 15.1. The molecular formula is C33H39Cl2N3O5S. The fraction of sp³-hybridized carbons (Fsp3) is 0.394. The number of rotatable bonds is 12. The van der Waals surface area contributed by atoms with Crippen LogP contribution in [0.15, 0.2) is 71.6 Å². The van der Waals surface area contributed by atoms with E-state index in [0.29, 0.717) is 22.0 Å². The molecule has 236 valence electrons. The molecule has 1 fully saturated rings. The average Bonchev–Trinajstić information content (AvgIpc) is 3.02. The number of amides is 2. The zero-order chi connectivity index (χ0) is 31.9. The Morgan fingerprint density at radius 1 is 0.977 bits per heavy atom. The minimum atomic E-state index is -4.23. The Bertz CT molecular complexity index is 1560. The summed E-state index contributed by atoms with van der Waals surface area (Å²) >= 11 is 12.5. The molecule has 1 aliphatic rings. The number of anilines is 1. The van der Waals surface area contributed by atoms with Crippen LogP contribution in [0.3, 0.4) is 0 Å². The summed E-state index contributed by atoms with van der Waals surface area (Å²) < 4.78 is 34.8. The summed E-state index contributed by atoms with van der Waals surface area (Å²) in [6.45, 7) is 3.16. The Labute approximate surface area is 270 Å². The molecule has 2 amide bonds. The molecule has 8 nitrogen and oxygen atoms in total. The van der Waals surface area contributed by atoms with Crippen molar-refractivity contribution < 1.29 is 22.7 Å². The smallest absolute Gasteiger partial charge is 0.264 e. The molecule has 0 bridgehead atoms. The molecule has 44 heavy (non-hydrogen) atoms. The summed E-state index contributed by atoms with van der Waals surface area (Å²) in [7, 11) is -2.78. The van der Waals surface area contributed by atoms with E-state index < -0.39 is 28.5 Å². The molecular weight excluding hydrogens is 621 g/mol. The third kappa shape index (κ3) is 8.06. The Hall–Kier alpha value is -3.27. The highest BCUT2D eigenvalue weighted by atomic mass is 35.5. The number of sulfonamides is 1. The number of benzene rings is 3. The van der Waals surface area contributed by atoms with Crippen LogP contribution >= 0.6 is 23.2 Å². The van der Waals surface area contributed by atoms with Gasteiger partial charge in [-0.15, -0.1) is 0 Å². The number of methoxy groups -OCH3 is 1. The molecule has 0 aromatic heterocycles. The summed E-state index contributed by atoms with van der Waals surface area (Å²) in [6, 6.07) is 17.3. The molecule has 1 unspecified atom stereocenters. The van der Waals surface area contributed by atoms with Crippen molar-refractivity contribution in [1.82, 2.24) is 10.2 Å². The lowest BCUT2D eigenvalue weighted by molar-refractivity contribution is -0.140. The average molecular weight is 661 g/mol. The number of halogens is 2. The fourth-order valence-electron chi connectivity index (χ4n) is 5.49. The third-order valence-electron chi connectivity index (χ3n) is 7.92. The lowest BCUT2D eigenvalue weighted by atomic mass is 9.95. The van der Waals surface area contributed by atoms with Crippen molar-refractivity contribution >= 4 is 50.7 Å². The van der Waals surface area contributed by atoms with E-state index in [2.05, 4.69) is 5.32 Å². The van der Waals surface area contributed by atoms with E-state index in [1.807, 2.05) is 13.8 Å². The summed E-state index contributed by atoms with van der Waals surface area (Å²) in [5.41, 5.74) is 1.76. The number of carbonyl (C=O) groups is 2. The van der Waals surface area contributed by atoms with E-state index in [1.165, 1.54) is 24.1 Å². The van der Waals surface area contributed by atoms with Gasteiger partial charge in [-0.1, -0.05) is 85.3 Å². The highest BCUT2D eigenvalue weighted by Crippen LogP contribution is 2.33. The number of nitrogens with zero attached hydrogens (tertiary/aromatic N) is 2. The number of carbonyl (C=O) groups excluding carboxylic acids is 2. The number of nitrogens with one attached hydrogen (secondary N) is 1. The lowest BCUT2D eigenvalue weighted by Crippen LogP contribution is -2.54. The molecule has 11 heteroatoms. The molecule has 3 aromatic carbocycles. The number of aryl methyl sites for hydroxylation is 1. The first-order valence-electron chi connectivity index (χ1n) is 14.8. The highest BCUT2D eigenvalue weighted by molar-refractivity contribution is 7.92. The van der Waals surface area contributed by atoms with E-state index in [9.17, 15) is 18.0 Å². The van der Waals surface area contributed by atoms with Crippen molar-refractivity contribution in [2.75, 3.05) is 18.0 Å². The minimum Gasteiger partial charge on any atom is -0.495 e. The van der Waals surface area contributed by atoms with E-state index in [-0.39, 0.29) is 34.8 Å². The van der Waals surface area contributed by atoms with Crippen LogP contribution in [0.2, 0.25) is 10.0 Å². The SMILES string of the molecule is CCC(C(=O)NC1CCCCC1)N(Cc1ccc(Cl)c(Cl)c1)C(=O)CN(c1ccccc1OC)S(=O)(=O)c1ccc(C)cc1. The number of para-hydroxylation sites is 2. The maximum atomic E-state index is 14.4. The molecule has 0 heterocycles. The van der Waals surface area contributed by atoms with E-state index in [4.69, 9.17) is 27.9 Å². The van der Waals surface area contributed by atoms with Crippen molar-refractivity contribution in [2.45, 2.75) is 75.9 Å². The molecule has 0 saturated heterocycles. The number of hydrogen-bond acceptors (Lipinski definition) is 5. The Morgan fingerprint density at radius 3 is 2.30 bits per heavy atom. The summed E-state index contributed by atoms with van der Waals surface area (Å²) in [5.74, 6) is -0.532. The fourth-order valence-corrected chi connectivity index (χ4v) is 7.23. The monoisotopic (exact) mass is 659 g/mol. The Morgan fingerprint density at radius 2 is 1.66 bits per heavy atom. The normalized spacial score (nSPS) is 14.5. The van der Waals surface area contributed by atoms with Crippen LogP contribution in [0.4, 0.5) is 5.69 Å². The van der Waals surface area contributed by atoms with E-state index in [1.54, 1.807) is 54.6 Å². The molecule has 3 aromatic rings. The van der Waals surface area contributed by atoms with Gasteiger partial charge in [0.1, 0.15) is 18.3 Å². The van der Waals surface area contributed by atoms with Gasteiger partial charge in [0, 0.05) is 12.6 Å². The molecule has 0 radical (unpaired) electrons. The molecule has 1 atom stereocenters. The maximum Gasteiger partial charge on any atom is 0.264 e. The first-order valence-corrected chi connectivity index (χ1v) is 17.0. The Kier molecular flexibility index (Phi) is 11.6. The van der Waals surface area contributed by atoms with Gasteiger partial charge in [-0.05, 0) is 68.1 Å². The first-order chi connectivity index (χ1) is 21.0. The predicted octanol–water partition coefficient (Wildman–Crippen LogP) is 6.76. The van der Waals surface area contributed by atoms with Crippen LogP contribution in [0, 0.1) is 6.92 Å². The number of hydrogen-bond donors (Lipinski definition) is 1. The standard InChI is InChI=1S/C33H39Cl2N3O5S/c1-4-29(33(40)36-25-10-6-5-7-11-25)37(21-24-16-19-27(34)28(35)20-24)32(39)22-38(30-12-8-9-13-31(30)43-3)44(41,42)26-17-14-23(2)15-18-26/h8-9,12-20,25,29H,4-7,10-11,21-22H2,1-3H3,(H,36,40). The molecule has 1 N–H and O–H groups in total. The second-order valence-corrected chi connectivity index (χ2v) is 13.7. The lowest BCUT2D eigenvalue weighted by Gasteiger charge is -2.34. The largest absolute Gasteiger partial charge is 0.495 e. The zero-order valence-corrected chi connectivity index (χ0v) is 27.6. The van der Waals surface area contributed by atoms with Gasteiger partial charge in [0.2, 0.25) is 11.8 Å². The zero-order valence-electron chi connectivity index (χ0n) is 25.3. The van der Waals surface area contributed by atoms with Crippen molar-refractivity contribution in [3.05, 3.63) is 87.9 Å². The van der Waals surface area contributed by atoms with Gasteiger partial charge in [-0.2, -0.15) is 0 Å². The van der Waals surface area contributed by atoms with Crippen LogP contribution in [-0.4, -0.2) is 50.9 Å².